The Hall–Kier alpha value is -1.40. The predicted octanol–water partition coefficient (Wildman–Crippen LogP) is 3.29. The van der Waals surface area contributed by atoms with Gasteiger partial charge in [0.1, 0.15) is 5.76 Å². The molecule has 0 amide bonds. The SMILES string of the molecule is [W+2].[c-]1ccc2noc(-c3ccccc3)c2c1. The second-order valence-corrected chi connectivity index (χ2v) is 3.32. The fourth-order valence-electron chi connectivity index (χ4n) is 1.63. The zero-order chi connectivity index (χ0) is 10.1. The molecule has 0 fully saturated rings. The zero-order valence-corrected chi connectivity index (χ0v) is 11.3. The number of rotatable bonds is 1. The third-order valence-electron chi connectivity index (χ3n) is 2.36. The molecule has 3 rings (SSSR count). The maximum atomic E-state index is 5.33. The largest absolute Gasteiger partial charge is 2.00 e. The molecule has 0 atom stereocenters. The summed E-state index contributed by atoms with van der Waals surface area (Å²) in [6.07, 6.45) is 0. The van der Waals surface area contributed by atoms with Gasteiger partial charge in [-0.05, 0) is 0 Å². The minimum atomic E-state index is 0. The smallest absolute Gasteiger partial charge is 0.370 e. The molecular formula is C13H8NOW+. The molecule has 2 nitrogen and oxygen atoms in total. The van der Waals surface area contributed by atoms with Crippen molar-refractivity contribution in [3.63, 3.8) is 0 Å². The quantitative estimate of drug-likeness (QED) is 0.608. The van der Waals surface area contributed by atoms with Crippen molar-refractivity contribution in [3.8, 4) is 11.3 Å². The molecule has 0 aliphatic heterocycles. The summed E-state index contributed by atoms with van der Waals surface area (Å²) in [5, 5.41) is 5.00. The summed E-state index contributed by atoms with van der Waals surface area (Å²) in [5.41, 5.74) is 1.91. The number of nitrogens with zero attached hydrogens (tertiary/aromatic N) is 1. The number of fused-ring (bicyclic) bond motifs is 1. The summed E-state index contributed by atoms with van der Waals surface area (Å²) < 4.78 is 5.33. The van der Waals surface area contributed by atoms with Crippen LogP contribution in [0.15, 0.2) is 53.1 Å². The Labute approximate surface area is 108 Å². The Morgan fingerprint density at radius 3 is 2.69 bits per heavy atom. The number of hydrogen-bond acceptors (Lipinski definition) is 2. The second-order valence-electron chi connectivity index (χ2n) is 3.32. The van der Waals surface area contributed by atoms with Gasteiger partial charge in [0.2, 0.25) is 0 Å². The second kappa shape index (κ2) is 4.63. The van der Waals surface area contributed by atoms with Crippen LogP contribution in [0, 0.1) is 6.07 Å². The van der Waals surface area contributed by atoms with E-state index < -0.39 is 0 Å². The summed E-state index contributed by atoms with van der Waals surface area (Å²) in [6.45, 7) is 0. The normalized spacial score (nSPS) is 10.0. The third kappa shape index (κ3) is 1.81. The minimum Gasteiger partial charge on any atom is -0.370 e. The van der Waals surface area contributed by atoms with Gasteiger partial charge in [-0.15, -0.1) is 11.2 Å². The van der Waals surface area contributed by atoms with E-state index in [1.807, 2.05) is 48.5 Å². The Morgan fingerprint density at radius 1 is 1.06 bits per heavy atom. The first-order valence-electron chi connectivity index (χ1n) is 4.76. The van der Waals surface area contributed by atoms with Crippen LogP contribution in [0.2, 0.25) is 0 Å². The van der Waals surface area contributed by atoms with Crippen LogP contribution < -0.4 is 0 Å². The zero-order valence-electron chi connectivity index (χ0n) is 8.38. The summed E-state index contributed by atoms with van der Waals surface area (Å²) in [7, 11) is 0. The summed E-state index contributed by atoms with van der Waals surface area (Å²) in [5.74, 6) is 0.808. The van der Waals surface area contributed by atoms with Crippen LogP contribution in [0.1, 0.15) is 0 Å². The molecule has 1 aromatic heterocycles. The molecule has 1 heterocycles. The predicted molar refractivity (Wildman–Crippen MR) is 58.3 cm³/mol. The van der Waals surface area contributed by atoms with Crippen LogP contribution in [-0.2, 0) is 21.1 Å². The Morgan fingerprint density at radius 2 is 1.88 bits per heavy atom. The first kappa shape index (κ1) is 11.1. The molecule has 0 bridgehead atoms. The summed E-state index contributed by atoms with van der Waals surface area (Å²) in [4.78, 5) is 0. The van der Waals surface area contributed by atoms with Crippen LogP contribution >= 0.6 is 0 Å². The molecule has 2 aromatic carbocycles. The molecule has 0 radical (unpaired) electrons. The summed E-state index contributed by atoms with van der Waals surface area (Å²) in [6, 6.07) is 18.6. The van der Waals surface area contributed by atoms with Gasteiger partial charge >= 0.3 is 21.1 Å². The van der Waals surface area contributed by atoms with E-state index in [9.17, 15) is 0 Å². The van der Waals surface area contributed by atoms with Gasteiger partial charge in [-0.25, -0.2) is 0 Å². The average Bonchev–Trinajstić information content (AvgIpc) is 2.74. The molecule has 0 N–H and O–H groups in total. The molecule has 76 valence electrons. The molecule has 0 unspecified atom stereocenters. The van der Waals surface area contributed by atoms with Gasteiger partial charge < -0.3 is 4.52 Å². The van der Waals surface area contributed by atoms with Crippen molar-refractivity contribution in [2.45, 2.75) is 0 Å². The maximum absolute atomic E-state index is 5.33. The minimum absolute atomic E-state index is 0. The van der Waals surface area contributed by atoms with Crippen molar-refractivity contribution in [1.29, 1.82) is 0 Å². The van der Waals surface area contributed by atoms with Crippen molar-refractivity contribution in [2.24, 2.45) is 0 Å². The van der Waals surface area contributed by atoms with E-state index >= 15 is 0 Å². The van der Waals surface area contributed by atoms with Crippen molar-refractivity contribution in [3.05, 3.63) is 54.6 Å². The maximum Gasteiger partial charge on any atom is 2.00 e. The molecule has 0 saturated heterocycles. The Balaban J connectivity index is 0.000000963. The third-order valence-corrected chi connectivity index (χ3v) is 2.36. The average molecular weight is 378 g/mol. The van der Waals surface area contributed by atoms with Crippen LogP contribution in [0.5, 0.6) is 0 Å². The number of hydrogen-bond donors (Lipinski definition) is 0. The van der Waals surface area contributed by atoms with Crippen molar-refractivity contribution in [1.82, 2.24) is 5.16 Å². The fourth-order valence-corrected chi connectivity index (χ4v) is 1.63. The first-order valence-corrected chi connectivity index (χ1v) is 4.76. The van der Waals surface area contributed by atoms with Gasteiger partial charge in [0.25, 0.3) is 0 Å². The van der Waals surface area contributed by atoms with Crippen molar-refractivity contribution < 1.29 is 25.6 Å². The molecule has 3 aromatic rings. The van der Waals surface area contributed by atoms with Crippen molar-refractivity contribution >= 4 is 10.9 Å². The van der Waals surface area contributed by atoms with E-state index in [4.69, 9.17) is 4.52 Å². The van der Waals surface area contributed by atoms with E-state index in [0.717, 1.165) is 22.2 Å². The molecule has 3 heteroatoms. The van der Waals surface area contributed by atoms with Gasteiger partial charge in [0.05, 0.1) is 0 Å². The number of benzene rings is 2. The van der Waals surface area contributed by atoms with E-state index in [-0.39, 0.29) is 21.1 Å². The van der Waals surface area contributed by atoms with Crippen LogP contribution in [0.25, 0.3) is 22.2 Å². The molecule has 0 aliphatic carbocycles. The Bertz CT molecular complexity index is 589. The monoisotopic (exact) mass is 378 g/mol. The van der Waals surface area contributed by atoms with Crippen LogP contribution in [-0.4, -0.2) is 5.16 Å². The molecule has 0 aliphatic rings. The van der Waals surface area contributed by atoms with E-state index in [2.05, 4.69) is 11.2 Å². The molecule has 0 spiro atoms. The van der Waals surface area contributed by atoms with Gasteiger partial charge in [-0.2, -0.15) is 18.2 Å². The number of aromatic nitrogens is 1. The topological polar surface area (TPSA) is 26.0 Å². The fraction of sp³-hybridized carbons (Fsp3) is 0. The van der Waals surface area contributed by atoms with E-state index in [1.54, 1.807) is 0 Å². The summed E-state index contributed by atoms with van der Waals surface area (Å²) >= 11 is 0. The van der Waals surface area contributed by atoms with E-state index in [0.29, 0.717) is 0 Å². The molecule has 16 heavy (non-hydrogen) atoms. The Kier molecular flexibility index (Phi) is 3.21. The van der Waals surface area contributed by atoms with Crippen LogP contribution in [0.3, 0.4) is 0 Å². The molecule has 0 saturated carbocycles. The van der Waals surface area contributed by atoms with Gasteiger partial charge in [-0.1, -0.05) is 35.7 Å². The van der Waals surface area contributed by atoms with Crippen molar-refractivity contribution in [2.75, 3.05) is 0 Å². The van der Waals surface area contributed by atoms with Gasteiger partial charge in [-0.3, -0.25) is 0 Å². The van der Waals surface area contributed by atoms with E-state index in [1.165, 1.54) is 0 Å². The molecular weight excluding hydrogens is 370 g/mol. The first-order chi connectivity index (χ1) is 7.45. The van der Waals surface area contributed by atoms with Gasteiger partial charge in [0, 0.05) is 11.1 Å². The van der Waals surface area contributed by atoms with Crippen LogP contribution in [0.4, 0.5) is 0 Å². The standard InChI is InChI=1S/C13H8NO.W/c1-2-6-10(7-3-1)13-11-8-4-5-9-12(11)14-15-13;/h1-3,5-9H;/q-1;+2. The van der Waals surface area contributed by atoms with Gasteiger partial charge in [0.15, 0.2) is 0 Å².